The first-order valence-electron chi connectivity index (χ1n) is 8.74. The highest BCUT2D eigenvalue weighted by Gasteiger charge is 2.28. The van der Waals surface area contributed by atoms with Crippen molar-refractivity contribution in [2.45, 2.75) is 64.3 Å². The topological polar surface area (TPSA) is 77.9 Å². The largest absolute Gasteiger partial charge is 0.480 e. The summed E-state index contributed by atoms with van der Waals surface area (Å²) < 4.78 is 0. The zero-order valence-electron chi connectivity index (χ0n) is 14.0. The minimum atomic E-state index is -0.987. The Kier molecular flexibility index (Phi) is 6.42. The lowest BCUT2D eigenvalue weighted by Gasteiger charge is -2.29. The fraction of sp³-hybridized carbons (Fsp3) is 0.824. The van der Waals surface area contributed by atoms with Gasteiger partial charge >= 0.3 is 5.97 Å². The van der Waals surface area contributed by atoms with E-state index in [1.54, 1.807) is 0 Å². The average Bonchev–Trinajstić information content (AvgIpc) is 2.86. The Labute approximate surface area is 137 Å². The van der Waals surface area contributed by atoms with E-state index in [2.05, 4.69) is 0 Å². The highest BCUT2D eigenvalue weighted by atomic mass is 16.4. The van der Waals surface area contributed by atoms with Gasteiger partial charge < -0.3 is 14.9 Å². The van der Waals surface area contributed by atoms with Crippen LogP contribution in [0.25, 0.3) is 0 Å². The second kappa shape index (κ2) is 8.31. The van der Waals surface area contributed by atoms with Crippen molar-refractivity contribution in [2.75, 3.05) is 19.6 Å². The zero-order valence-corrected chi connectivity index (χ0v) is 14.0. The molecule has 1 N–H and O–H groups in total. The summed E-state index contributed by atoms with van der Waals surface area (Å²) in [6, 6.07) is -0.0760. The van der Waals surface area contributed by atoms with Crippen molar-refractivity contribution in [2.24, 2.45) is 5.92 Å². The van der Waals surface area contributed by atoms with E-state index in [1.165, 1.54) is 37.5 Å². The Hall–Kier alpha value is -1.59. The van der Waals surface area contributed by atoms with Crippen LogP contribution in [0.3, 0.4) is 0 Å². The number of likely N-dealkylation sites (tertiary alicyclic amines) is 1. The van der Waals surface area contributed by atoms with Crippen LogP contribution in [0, 0.1) is 5.92 Å². The molecule has 2 amide bonds. The van der Waals surface area contributed by atoms with Gasteiger partial charge in [-0.05, 0) is 38.0 Å². The molecular weight excluding hydrogens is 296 g/mol. The Bertz CT molecular complexity index is 446. The molecule has 130 valence electrons. The first kappa shape index (κ1) is 17.8. The number of rotatable bonds is 5. The number of carbonyl (C=O) groups is 3. The summed E-state index contributed by atoms with van der Waals surface area (Å²) in [5.74, 6) is -0.422. The molecule has 1 aliphatic carbocycles. The van der Waals surface area contributed by atoms with Gasteiger partial charge in [-0.2, -0.15) is 0 Å². The maximum atomic E-state index is 12.4. The predicted molar refractivity (Wildman–Crippen MR) is 85.8 cm³/mol. The molecule has 0 aromatic rings. The number of hydrogen-bond donors (Lipinski definition) is 1. The fourth-order valence-corrected chi connectivity index (χ4v) is 3.87. The van der Waals surface area contributed by atoms with Crippen molar-refractivity contribution in [3.05, 3.63) is 0 Å². The highest BCUT2D eigenvalue weighted by molar-refractivity contribution is 5.80. The van der Waals surface area contributed by atoms with Crippen LogP contribution >= 0.6 is 0 Å². The normalized spacial score (nSPS) is 22.7. The molecule has 1 aliphatic heterocycles. The minimum Gasteiger partial charge on any atom is -0.480 e. The quantitative estimate of drug-likeness (QED) is 0.837. The summed E-state index contributed by atoms with van der Waals surface area (Å²) in [4.78, 5) is 38.5. The maximum Gasteiger partial charge on any atom is 0.323 e. The molecule has 1 saturated carbocycles. The van der Waals surface area contributed by atoms with Gasteiger partial charge in [-0.15, -0.1) is 0 Å². The Balaban J connectivity index is 1.88. The number of amides is 2. The third kappa shape index (κ3) is 5.22. The van der Waals surface area contributed by atoms with E-state index < -0.39 is 5.97 Å². The van der Waals surface area contributed by atoms with Crippen LogP contribution in [0.15, 0.2) is 0 Å². The minimum absolute atomic E-state index is 0.0760. The van der Waals surface area contributed by atoms with E-state index in [1.807, 2.05) is 4.90 Å². The average molecular weight is 324 g/mol. The number of aliphatic carboxylic acids is 1. The smallest absolute Gasteiger partial charge is 0.323 e. The van der Waals surface area contributed by atoms with Gasteiger partial charge in [0.15, 0.2) is 0 Å². The van der Waals surface area contributed by atoms with E-state index in [9.17, 15) is 14.4 Å². The molecule has 2 rings (SSSR count). The summed E-state index contributed by atoms with van der Waals surface area (Å²) in [6.07, 6.45) is 7.72. The van der Waals surface area contributed by atoms with Gasteiger partial charge in [-0.25, -0.2) is 0 Å². The molecule has 1 saturated heterocycles. The standard InChI is InChI=1S/C17H28N2O4/c1-13(20)19(12-17(22)23)15-7-4-9-18(10-8-15)16(21)11-14-5-2-3-6-14/h14-15H,2-12H2,1H3,(H,22,23)/t15-/m0/s1. The van der Waals surface area contributed by atoms with Crippen LogP contribution in [0.1, 0.15) is 58.3 Å². The van der Waals surface area contributed by atoms with Crippen molar-refractivity contribution < 1.29 is 19.5 Å². The third-order valence-corrected chi connectivity index (χ3v) is 5.14. The van der Waals surface area contributed by atoms with E-state index in [-0.39, 0.29) is 24.4 Å². The summed E-state index contributed by atoms with van der Waals surface area (Å²) in [6.45, 7) is 2.51. The molecule has 23 heavy (non-hydrogen) atoms. The van der Waals surface area contributed by atoms with Gasteiger partial charge in [0, 0.05) is 32.5 Å². The summed E-state index contributed by atoms with van der Waals surface area (Å²) in [5, 5.41) is 8.97. The second-order valence-electron chi connectivity index (χ2n) is 6.86. The van der Waals surface area contributed by atoms with Crippen LogP contribution in [-0.2, 0) is 14.4 Å². The van der Waals surface area contributed by atoms with Crippen LogP contribution < -0.4 is 0 Å². The highest BCUT2D eigenvalue weighted by Crippen LogP contribution is 2.28. The van der Waals surface area contributed by atoms with Crippen LogP contribution in [0.4, 0.5) is 0 Å². The van der Waals surface area contributed by atoms with Gasteiger partial charge in [0.25, 0.3) is 0 Å². The lowest BCUT2D eigenvalue weighted by molar-refractivity contribution is -0.145. The van der Waals surface area contributed by atoms with Crippen molar-refractivity contribution in [1.82, 2.24) is 9.80 Å². The molecule has 0 unspecified atom stereocenters. The molecule has 6 nitrogen and oxygen atoms in total. The summed E-state index contributed by atoms with van der Waals surface area (Å²) in [7, 11) is 0. The van der Waals surface area contributed by atoms with Crippen LogP contribution in [0.2, 0.25) is 0 Å². The SMILES string of the molecule is CC(=O)N(CC(=O)O)[C@H]1CCCN(C(=O)CC2CCCC2)CC1. The Morgan fingerprint density at radius 1 is 1.04 bits per heavy atom. The van der Waals surface area contributed by atoms with E-state index in [0.717, 1.165) is 19.4 Å². The molecule has 0 aromatic carbocycles. The van der Waals surface area contributed by atoms with Gasteiger partial charge in [0.2, 0.25) is 11.8 Å². The van der Waals surface area contributed by atoms with Gasteiger partial charge in [0.05, 0.1) is 0 Å². The maximum absolute atomic E-state index is 12.4. The summed E-state index contributed by atoms with van der Waals surface area (Å²) in [5.41, 5.74) is 0. The number of nitrogens with zero attached hydrogens (tertiary/aromatic N) is 2. The molecule has 1 heterocycles. The van der Waals surface area contributed by atoms with Crippen LogP contribution in [-0.4, -0.2) is 58.4 Å². The molecule has 1 atom stereocenters. The molecule has 2 fully saturated rings. The van der Waals surface area contributed by atoms with E-state index >= 15 is 0 Å². The van der Waals surface area contributed by atoms with Crippen molar-refractivity contribution in [3.8, 4) is 0 Å². The molecule has 0 spiro atoms. The van der Waals surface area contributed by atoms with Gasteiger partial charge in [-0.3, -0.25) is 14.4 Å². The van der Waals surface area contributed by atoms with Crippen molar-refractivity contribution in [1.29, 1.82) is 0 Å². The number of hydrogen-bond acceptors (Lipinski definition) is 3. The number of carboxylic acid groups (broad SMARTS) is 1. The first-order chi connectivity index (χ1) is 11.0. The number of carboxylic acids is 1. The van der Waals surface area contributed by atoms with Gasteiger partial charge in [-0.1, -0.05) is 12.8 Å². The van der Waals surface area contributed by atoms with E-state index in [4.69, 9.17) is 5.11 Å². The fourth-order valence-electron chi connectivity index (χ4n) is 3.87. The predicted octanol–water partition coefficient (Wildman–Crippen LogP) is 1.88. The monoisotopic (exact) mass is 324 g/mol. The van der Waals surface area contributed by atoms with E-state index in [0.29, 0.717) is 25.3 Å². The van der Waals surface area contributed by atoms with Crippen LogP contribution in [0.5, 0.6) is 0 Å². The lowest BCUT2D eigenvalue weighted by Crippen LogP contribution is -2.43. The molecule has 2 aliphatic rings. The third-order valence-electron chi connectivity index (χ3n) is 5.14. The second-order valence-corrected chi connectivity index (χ2v) is 6.86. The Morgan fingerprint density at radius 2 is 1.74 bits per heavy atom. The lowest BCUT2D eigenvalue weighted by atomic mass is 10.0. The molecule has 0 radical (unpaired) electrons. The van der Waals surface area contributed by atoms with Gasteiger partial charge in [0.1, 0.15) is 6.54 Å². The molecule has 0 aromatic heterocycles. The zero-order chi connectivity index (χ0) is 16.8. The number of carbonyl (C=O) groups excluding carboxylic acids is 2. The molecule has 6 heteroatoms. The Morgan fingerprint density at radius 3 is 2.35 bits per heavy atom. The first-order valence-corrected chi connectivity index (χ1v) is 8.74. The molecular formula is C17H28N2O4. The van der Waals surface area contributed by atoms with Crippen molar-refractivity contribution >= 4 is 17.8 Å². The summed E-state index contributed by atoms with van der Waals surface area (Å²) >= 11 is 0. The van der Waals surface area contributed by atoms with Crippen molar-refractivity contribution in [3.63, 3.8) is 0 Å². The molecule has 0 bridgehead atoms.